The summed E-state index contributed by atoms with van der Waals surface area (Å²) in [6.45, 7) is 0.950. The lowest BCUT2D eigenvalue weighted by atomic mass is 9.89. The van der Waals surface area contributed by atoms with Gasteiger partial charge in [-0.15, -0.1) is 0 Å². The number of nitrogens with one attached hydrogen (secondary N) is 1. The van der Waals surface area contributed by atoms with Crippen molar-refractivity contribution in [3.8, 4) is 0 Å². The quantitative estimate of drug-likeness (QED) is 0.813. The number of hydrogen-bond donors (Lipinski definition) is 1. The molecule has 4 heteroatoms. The van der Waals surface area contributed by atoms with Crippen LogP contribution in [-0.4, -0.2) is 6.54 Å². The second-order valence-electron chi connectivity index (χ2n) is 5.56. The van der Waals surface area contributed by atoms with E-state index in [1.807, 2.05) is 0 Å². The van der Waals surface area contributed by atoms with Gasteiger partial charge in [0, 0.05) is 11.0 Å². The zero-order chi connectivity index (χ0) is 12.7. The van der Waals surface area contributed by atoms with E-state index in [2.05, 4.69) is 21.2 Å². The number of halogens is 3. The first-order valence-corrected chi connectivity index (χ1v) is 7.69. The Kier molecular flexibility index (Phi) is 3.55. The van der Waals surface area contributed by atoms with E-state index in [1.165, 1.54) is 37.8 Å². The zero-order valence-corrected chi connectivity index (χ0v) is 12.4. The third kappa shape index (κ3) is 2.39. The van der Waals surface area contributed by atoms with Gasteiger partial charge in [-0.2, -0.15) is 0 Å². The first-order valence-electron chi connectivity index (χ1n) is 6.52. The van der Waals surface area contributed by atoms with Crippen LogP contribution in [0.15, 0.2) is 16.6 Å². The fourth-order valence-electron chi connectivity index (χ4n) is 3.57. The van der Waals surface area contributed by atoms with Crippen molar-refractivity contribution in [3.63, 3.8) is 0 Å². The largest absolute Gasteiger partial charge is 0.383 e. The molecule has 2 aliphatic carbocycles. The van der Waals surface area contributed by atoms with Gasteiger partial charge in [0.1, 0.15) is 5.82 Å². The number of rotatable bonds is 3. The van der Waals surface area contributed by atoms with Gasteiger partial charge in [0.25, 0.3) is 0 Å². The summed E-state index contributed by atoms with van der Waals surface area (Å²) in [5.41, 5.74) is 0.820. The van der Waals surface area contributed by atoms with Gasteiger partial charge in [0.05, 0.1) is 10.7 Å². The summed E-state index contributed by atoms with van der Waals surface area (Å²) in [6, 6.07) is 2.81. The summed E-state index contributed by atoms with van der Waals surface area (Å²) < 4.78 is 13.8. The number of anilines is 1. The van der Waals surface area contributed by atoms with E-state index >= 15 is 0 Å². The Bertz CT molecular complexity index is 442. The average molecular weight is 333 g/mol. The van der Waals surface area contributed by atoms with Crippen molar-refractivity contribution < 1.29 is 4.39 Å². The molecule has 2 aliphatic rings. The minimum absolute atomic E-state index is 0.308. The molecule has 3 rings (SSSR count). The Labute approximate surface area is 120 Å². The second-order valence-corrected chi connectivity index (χ2v) is 6.82. The molecule has 1 nitrogen and oxygen atoms in total. The van der Waals surface area contributed by atoms with E-state index in [9.17, 15) is 4.39 Å². The molecule has 1 aromatic carbocycles. The van der Waals surface area contributed by atoms with Gasteiger partial charge < -0.3 is 5.32 Å². The highest BCUT2D eigenvalue weighted by Crippen LogP contribution is 2.48. The van der Waals surface area contributed by atoms with Gasteiger partial charge in [0.2, 0.25) is 0 Å². The molecule has 0 spiro atoms. The molecule has 2 bridgehead atoms. The van der Waals surface area contributed by atoms with Crippen molar-refractivity contribution in [2.45, 2.75) is 25.7 Å². The predicted octanol–water partition coefficient (Wildman–Crippen LogP) is 5.09. The molecular formula is C14H16BrClFN. The SMILES string of the molecule is Fc1cc(Cl)c(NCC2CC3CCC2C3)c(Br)c1. The molecule has 0 saturated heterocycles. The molecule has 2 saturated carbocycles. The molecule has 1 N–H and O–H groups in total. The Morgan fingerprint density at radius 3 is 2.78 bits per heavy atom. The molecule has 0 aromatic heterocycles. The van der Waals surface area contributed by atoms with Crippen LogP contribution >= 0.6 is 27.5 Å². The van der Waals surface area contributed by atoms with Crippen molar-refractivity contribution in [3.05, 3.63) is 27.4 Å². The Morgan fingerprint density at radius 1 is 1.33 bits per heavy atom. The lowest BCUT2D eigenvalue weighted by molar-refractivity contribution is 0.348. The normalized spacial score (nSPS) is 29.8. The highest BCUT2D eigenvalue weighted by atomic mass is 79.9. The summed E-state index contributed by atoms with van der Waals surface area (Å²) in [5, 5.41) is 3.84. The van der Waals surface area contributed by atoms with E-state index in [0.717, 1.165) is 30.0 Å². The highest BCUT2D eigenvalue weighted by molar-refractivity contribution is 9.10. The van der Waals surface area contributed by atoms with Crippen molar-refractivity contribution in [1.82, 2.24) is 0 Å². The summed E-state index contributed by atoms with van der Waals surface area (Å²) >= 11 is 9.43. The smallest absolute Gasteiger partial charge is 0.125 e. The fraction of sp³-hybridized carbons (Fsp3) is 0.571. The first kappa shape index (κ1) is 12.7. The van der Waals surface area contributed by atoms with Crippen LogP contribution < -0.4 is 5.32 Å². The van der Waals surface area contributed by atoms with Crippen LogP contribution in [0.25, 0.3) is 0 Å². The van der Waals surface area contributed by atoms with Gasteiger partial charge in [-0.05, 0) is 65.1 Å². The van der Waals surface area contributed by atoms with Gasteiger partial charge in [-0.3, -0.25) is 0 Å². The summed E-state index contributed by atoms with van der Waals surface area (Å²) in [7, 11) is 0. The standard InChI is InChI=1S/C14H16BrClFN/c15-12-5-11(17)6-13(16)14(12)18-7-10-4-8-1-2-9(10)3-8/h5-6,8-10,18H,1-4,7H2. The molecule has 98 valence electrons. The number of fused-ring (bicyclic) bond motifs is 2. The molecular weight excluding hydrogens is 317 g/mol. The van der Waals surface area contributed by atoms with E-state index < -0.39 is 0 Å². The van der Waals surface area contributed by atoms with Crippen LogP contribution in [0.2, 0.25) is 5.02 Å². The topological polar surface area (TPSA) is 12.0 Å². The van der Waals surface area contributed by atoms with Crippen LogP contribution in [-0.2, 0) is 0 Å². The third-order valence-corrected chi connectivity index (χ3v) is 5.36. The van der Waals surface area contributed by atoms with E-state index in [-0.39, 0.29) is 5.82 Å². The van der Waals surface area contributed by atoms with Gasteiger partial charge >= 0.3 is 0 Å². The molecule has 3 atom stereocenters. The monoisotopic (exact) mass is 331 g/mol. The maximum absolute atomic E-state index is 13.1. The maximum Gasteiger partial charge on any atom is 0.125 e. The van der Waals surface area contributed by atoms with E-state index in [1.54, 1.807) is 0 Å². The second kappa shape index (κ2) is 5.01. The Hall–Kier alpha value is -0.280. The van der Waals surface area contributed by atoms with Gasteiger partial charge in [0.15, 0.2) is 0 Å². The molecule has 0 amide bonds. The predicted molar refractivity (Wildman–Crippen MR) is 76.5 cm³/mol. The van der Waals surface area contributed by atoms with Crippen molar-refractivity contribution in [2.75, 3.05) is 11.9 Å². The third-order valence-electron chi connectivity index (χ3n) is 4.43. The van der Waals surface area contributed by atoms with Crippen LogP contribution in [0.4, 0.5) is 10.1 Å². The molecule has 0 aliphatic heterocycles. The maximum atomic E-state index is 13.1. The molecule has 2 fully saturated rings. The van der Waals surface area contributed by atoms with Crippen LogP contribution in [0.5, 0.6) is 0 Å². The van der Waals surface area contributed by atoms with Gasteiger partial charge in [-0.25, -0.2) is 4.39 Å². The average Bonchev–Trinajstić information content (AvgIpc) is 2.89. The fourth-order valence-corrected chi connectivity index (χ4v) is 4.53. The summed E-state index contributed by atoms with van der Waals surface area (Å²) in [5.74, 6) is 2.29. The van der Waals surface area contributed by atoms with Crippen molar-refractivity contribution in [2.24, 2.45) is 17.8 Å². The van der Waals surface area contributed by atoms with Crippen LogP contribution in [0.1, 0.15) is 25.7 Å². The molecule has 0 radical (unpaired) electrons. The van der Waals surface area contributed by atoms with Crippen LogP contribution in [0, 0.1) is 23.6 Å². The minimum atomic E-state index is -0.308. The van der Waals surface area contributed by atoms with Gasteiger partial charge in [-0.1, -0.05) is 18.0 Å². The Morgan fingerprint density at radius 2 is 2.17 bits per heavy atom. The minimum Gasteiger partial charge on any atom is -0.383 e. The lowest BCUT2D eigenvalue weighted by Gasteiger charge is -2.23. The Balaban J connectivity index is 1.67. The van der Waals surface area contributed by atoms with Crippen molar-refractivity contribution >= 4 is 33.2 Å². The van der Waals surface area contributed by atoms with E-state index in [0.29, 0.717) is 9.50 Å². The highest BCUT2D eigenvalue weighted by Gasteiger charge is 2.39. The lowest BCUT2D eigenvalue weighted by Crippen LogP contribution is -2.20. The number of hydrogen-bond acceptors (Lipinski definition) is 1. The molecule has 0 heterocycles. The summed E-state index contributed by atoms with van der Waals surface area (Å²) in [6.07, 6.45) is 5.55. The molecule has 3 unspecified atom stereocenters. The molecule has 1 aromatic rings. The van der Waals surface area contributed by atoms with Crippen LogP contribution in [0.3, 0.4) is 0 Å². The van der Waals surface area contributed by atoms with Crippen molar-refractivity contribution in [1.29, 1.82) is 0 Å². The van der Waals surface area contributed by atoms with E-state index in [4.69, 9.17) is 11.6 Å². The zero-order valence-electron chi connectivity index (χ0n) is 10.1. The molecule has 18 heavy (non-hydrogen) atoms. The first-order chi connectivity index (χ1) is 8.63. The summed E-state index contributed by atoms with van der Waals surface area (Å²) in [4.78, 5) is 0. The number of benzene rings is 1.